The number of primary sulfonamides is 1. The minimum atomic E-state index is -3.87. The molecule has 0 atom stereocenters. The predicted octanol–water partition coefficient (Wildman–Crippen LogP) is -0.378. The average Bonchev–Trinajstić information content (AvgIpc) is 1.42. The summed E-state index contributed by atoms with van der Waals surface area (Å²) in [4.78, 5) is 0. The Kier molecular flexibility index (Phi) is 9.50. The Labute approximate surface area is 98.4 Å². The van der Waals surface area contributed by atoms with E-state index in [-0.39, 0.29) is 7.43 Å². The van der Waals surface area contributed by atoms with Crippen LogP contribution in [0.4, 0.5) is 0 Å². The van der Waals surface area contributed by atoms with E-state index in [9.17, 15) is 16.8 Å². The van der Waals surface area contributed by atoms with Gasteiger partial charge in [0.25, 0.3) is 0 Å². The molecule has 0 heterocycles. The molecule has 12 heteroatoms. The highest BCUT2D eigenvalue weighted by Crippen LogP contribution is 1.98. The fraction of sp³-hybridized carbons (Fsp3) is 1.00. The fourth-order valence-electron chi connectivity index (χ4n) is 0.298. The van der Waals surface area contributed by atoms with Crippen LogP contribution in [0.3, 0.4) is 0 Å². The normalized spacial score (nSPS) is 12.0. The summed E-state index contributed by atoms with van der Waals surface area (Å²) >= 11 is 0. The standard InChI is InChI=1S/C2H7NO4S2.CH4.Cl2O2S/c1-8(4,5)2-9(3,6)7;;1-5(2,3)4/h2H2,1H3,(H2,3,6,7);1H4;. The molecule has 0 fully saturated rings. The molecule has 0 bridgehead atoms. The lowest BCUT2D eigenvalue weighted by Gasteiger charge is -1.91. The highest BCUT2D eigenvalue weighted by molar-refractivity contribution is 8.31. The molecule has 7 nitrogen and oxygen atoms in total. The third kappa shape index (κ3) is 54.1. The topological polar surface area (TPSA) is 128 Å². The molecule has 0 unspecified atom stereocenters. The molecule has 0 aliphatic heterocycles. The summed E-state index contributed by atoms with van der Waals surface area (Å²) < 4.78 is 58.8. The second-order valence-electron chi connectivity index (χ2n) is 2.08. The van der Waals surface area contributed by atoms with Crippen molar-refractivity contribution in [3.8, 4) is 0 Å². The second-order valence-corrected chi connectivity index (χ2v) is 9.87. The van der Waals surface area contributed by atoms with Gasteiger partial charge in [0.1, 0.15) is 0 Å². The van der Waals surface area contributed by atoms with Gasteiger partial charge in [-0.05, 0) is 0 Å². The highest BCUT2D eigenvalue weighted by Gasteiger charge is 2.11. The SMILES string of the molecule is C.CS(=O)(=O)CS(N)(=O)=O.O=S(=O)(Cl)Cl. The molecule has 0 spiro atoms. The van der Waals surface area contributed by atoms with Crippen LogP contribution < -0.4 is 5.14 Å². The predicted molar refractivity (Wildman–Crippen MR) is 60.2 cm³/mol. The van der Waals surface area contributed by atoms with Crippen LogP contribution in [-0.2, 0) is 28.1 Å². The van der Waals surface area contributed by atoms with E-state index >= 15 is 0 Å². The molecule has 0 aliphatic carbocycles. The van der Waals surface area contributed by atoms with E-state index < -0.39 is 33.2 Å². The number of sulfone groups is 1. The Morgan fingerprint density at radius 3 is 1.20 bits per heavy atom. The van der Waals surface area contributed by atoms with Crippen LogP contribution in [-0.4, -0.2) is 36.6 Å². The van der Waals surface area contributed by atoms with Crippen molar-refractivity contribution in [2.24, 2.45) is 5.14 Å². The first-order valence-electron chi connectivity index (χ1n) is 2.53. The van der Waals surface area contributed by atoms with Crippen LogP contribution >= 0.6 is 21.4 Å². The van der Waals surface area contributed by atoms with Crippen molar-refractivity contribution in [3.05, 3.63) is 0 Å². The van der Waals surface area contributed by atoms with E-state index in [1.54, 1.807) is 0 Å². The molecule has 0 radical (unpaired) electrons. The Bertz CT molecular complexity index is 424. The zero-order chi connectivity index (χ0) is 12.2. The minimum Gasteiger partial charge on any atom is -0.228 e. The number of rotatable bonds is 2. The van der Waals surface area contributed by atoms with Gasteiger partial charge in [-0.3, -0.25) is 0 Å². The van der Waals surface area contributed by atoms with Gasteiger partial charge in [-0.2, -0.15) is 8.42 Å². The van der Waals surface area contributed by atoms with Gasteiger partial charge in [-0.15, -0.1) is 0 Å². The average molecular weight is 324 g/mol. The summed E-state index contributed by atoms with van der Waals surface area (Å²) in [6.07, 6.45) is 0.803. The largest absolute Gasteiger partial charge is 0.317 e. The van der Waals surface area contributed by atoms with Crippen LogP contribution in [0.2, 0.25) is 0 Å². The Morgan fingerprint density at radius 1 is 1.00 bits per heavy atom. The van der Waals surface area contributed by atoms with Crippen LogP contribution in [0.15, 0.2) is 0 Å². The smallest absolute Gasteiger partial charge is 0.228 e. The van der Waals surface area contributed by atoms with E-state index in [1.165, 1.54) is 0 Å². The first kappa shape index (κ1) is 20.8. The summed E-state index contributed by atoms with van der Waals surface area (Å²) in [7, 11) is -2.55. The van der Waals surface area contributed by atoms with Gasteiger partial charge in [-0.1, -0.05) is 7.43 Å². The third-order valence-corrected chi connectivity index (χ3v) is 3.41. The van der Waals surface area contributed by atoms with E-state index in [1.807, 2.05) is 0 Å². The van der Waals surface area contributed by atoms with Gasteiger partial charge in [-0.25, -0.2) is 22.0 Å². The lowest BCUT2D eigenvalue weighted by molar-refractivity contribution is 0.592. The van der Waals surface area contributed by atoms with Gasteiger partial charge in [0, 0.05) is 27.6 Å². The van der Waals surface area contributed by atoms with Crippen LogP contribution in [0, 0.1) is 0 Å². The summed E-state index contributed by atoms with van der Waals surface area (Å²) in [6, 6.07) is 0. The maximum Gasteiger partial charge on any atom is 0.317 e. The molecule has 0 aromatic rings. The van der Waals surface area contributed by atoms with E-state index in [0.29, 0.717) is 0 Å². The Balaban J connectivity index is -0.000000208. The lowest BCUT2D eigenvalue weighted by atomic mass is 11.9. The van der Waals surface area contributed by atoms with Crippen LogP contribution in [0.1, 0.15) is 7.43 Å². The molecule has 0 saturated heterocycles. The summed E-state index contributed by atoms with van der Waals surface area (Å²) in [5.41, 5.74) is 0. The highest BCUT2D eigenvalue weighted by atomic mass is 36.0. The van der Waals surface area contributed by atoms with Crippen molar-refractivity contribution in [2.75, 3.05) is 11.3 Å². The molecular weight excluding hydrogens is 313 g/mol. The van der Waals surface area contributed by atoms with Crippen LogP contribution in [0.5, 0.6) is 0 Å². The summed E-state index contributed by atoms with van der Waals surface area (Å²) in [5.74, 6) is 0. The van der Waals surface area contributed by atoms with E-state index in [0.717, 1.165) is 6.26 Å². The Hall–Kier alpha value is 0.390. The number of hydrogen-bond acceptors (Lipinski definition) is 6. The zero-order valence-electron chi connectivity index (χ0n) is 6.71. The fourth-order valence-corrected chi connectivity index (χ4v) is 2.69. The van der Waals surface area contributed by atoms with Gasteiger partial charge >= 0.3 is 8.26 Å². The first-order valence-corrected chi connectivity index (χ1v) is 9.44. The molecule has 15 heavy (non-hydrogen) atoms. The van der Waals surface area contributed by atoms with Gasteiger partial charge < -0.3 is 0 Å². The van der Waals surface area contributed by atoms with Crippen molar-refractivity contribution < 1.29 is 25.3 Å². The van der Waals surface area contributed by atoms with Crippen molar-refractivity contribution in [3.63, 3.8) is 0 Å². The van der Waals surface area contributed by atoms with Crippen molar-refractivity contribution >= 4 is 49.5 Å². The molecule has 2 N–H and O–H groups in total. The molecule has 0 aromatic heterocycles. The van der Waals surface area contributed by atoms with Gasteiger partial charge in [0.15, 0.2) is 14.9 Å². The van der Waals surface area contributed by atoms with Crippen molar-refractivity contribution in [1.82, 2.24) is 0 Å². The molecule has 96 valence electrons. The van der Waals surface area contributed by atoms with Crippen molar-refractivity contribution in [2.45, 2.75) is 7.43 Å². The quantitative estimate of drug-likeness (QED) is 0.690. The molecule has 0 rings (SSSR count). The van der Waals surface area contributed by atoms with Crippen LogP contribution in [0.25, 0.3) is 0 Å². The molecule has 0 aliphatic rings. The molecule has 0 amide bonds. The molecule has 0 saturated carbocycles. The lowest BCUT2D eigenvalue weighted by Crippen LogP contribution is -2.22. The zero-order valence-corrected chi connectivity index (χ0v) is 10.7. The third-order valence-electron chi connectivity index (χ3n) is 0.378. The maximum absolute atomic E-state index is 10.2. The number of sulfonamides is 1. The first-order chi connectivity index (χ1) is 5.71. The molecular formula is C3H11Cl2NO6S3. The van der Waals surface area contributed by atoms with Gasteiger partial charge in [0.2, 0.25) is 10.0 Å². The molecule has 0 aromatic carbocycles. The summed E-state index contributed by atoms with van der Waals surface area (Å²) in [5, 5.41) is 3.43. The number of halogens is 2. The minimum absolute atomic E-state index is 0. The van der Waals surface area contributed by atoms with Crippen molar-refractivity contribution in [1.29, 1.82) is 0 Å². The van der Waals surface area contributed by atoms with Gasteiger partial charge in [0.05, 0.1) is 0 Å². The monoisotopic (exact) mass is 323 g/mol. The second kappa shape index (κ2) is 6.86. The number of nitrogens with two attached hydrogens (primary N) is 1. The summed E-state index contributed by atoms with van der Waals surface area (Å²) in [6.45, 7) is 0. The maximum atomic E-state index is 10.2. The number of hydrogen-bond donors (Lipinski definition) is 1. The van der Waals surface area contributed by atoms with E-state index in [2.05, 4.69) is 26.5 Å². The van der Waals surface area contributed by atoms with E-state index in [4.69, 9.17) is 8.42 Å². The Morgan fingerprint density at radius 2 is 1.20 bits per heavy atom.